The smallest absolute Gasteiger partial charge is 0.329 e. The highest BCUT2D eigenvalue weighted by molar-refractivity contribution is 6.26. The molecule has 238 valence electrons. The molecule has 3 amide bonds. The van der Waals surface area contributed by atoms with Crippen molar-refractivity contribution in [3.63, 3.8) is 0 Å². The van der Waals surface area contributed by atoms with Gasteiger partial charge in [0, 0.05) is 43.3 Å². The highest BCUT2D eigenvalue weighted by Gasteiger charge is 2.31. The lowest BCUT2D eigenvalue weighted by Crippen LogP contribution is -2.56. The third-order valence-electron chi connectivity index (χ3n) is 7.37. The number of amides is 3. The van der Waals surface area contributed by atoms with E-state index in [0.717, 1.165) is 27.6 Å². The molecule has 3 atom stereocenters. The van der Waals surface area contributed by atoms with Gasteiger partial charge in [-0.1, -0.05) is 78.9 Å². The molecule has 4 rings (SSSR count). The maximum Gasteiger partial charge on any atom is 0.329 e. The lowest BCUT2D eigenvalue weighted by Gasteiger charge is -2.25. The summed E-state index contributed by atoms with van der Waals surface area (Å²) in [5.41, 5.74) is 3.20. The van der Waals surface area contributed by atoms with Crippen LogP contribution in [0.3, 0.4) is 0 Å². The van der Waals surface area contributed by atoms with E-state index >= 15 is 0 Å². The van der Waals surface area contributed by atoms with Gasteiger partial charge in [-0.2, -0.15) is 0 Å². The van der Waals surface area contributed by atoms with E-state index in [2.05, 4.69) is 20.9 Å². The van der Waals surface area contributed by atoms with Crippen LogP contribution in [0, 0.1) is 5.41 Å². The quantitative estimate of drug-likeness (QED) is 0.0948. The number of aromatic nitrogens is 1. The number of esters is 1. The van der Waals surface area contributed by atoms with Crippen molar-refractivity contribution in [2.24, 2.45) is 0 Å². The normalized spacial score (nSPS) is 12.7. The summed E-state index contributed by atoms with van der Waals surface area (Å²) in [6.45, 7) is 1.29. The van der Waals surface area contributed by atoms with Gasteiger partial charge < -0.3 is 31.1 Å². The van der Waals surface area contributed by atoms with E-state index in [4.69, 9.17) is 10.1 Å². The van der Waals surface area contributed by atoms with Crippen LogP contribution < -0.4 is 16.0 Å². The molecule has 46 heavy (non-hydrogen) atoms. The van der Waals surface area contributed by atoms with Gasteiger partial charge in [-0.3, -0.25) is 19.2 Å². The first-order valence-corrected chi connectivity index (χ1v) is 14.9. The molecule has 0 radical (unpaired) electrons. The van der Waals surface area contributed by atoms with Crippen molar-refractivity contribution in [1.29, 1.82) is 5.41 Å². The standard InChI is InChI=1S/C35H37N5O6/c1-23(41)38-31(19-26-21-37-29-15-9-8-14-28(26)29)34(44)39-30(17-16-27(42)20-36)33(43)40-32(18-24-10-4-2-5-11-24)35(45)46-22-25-12-6-3-7-13-25/h2-15,20-21,30-32,36-37H,16-19,22H2,1H3,(H,38,41)(H,39,44)(H,40,43)/t30-,31-,32-/m0/s1. The molecule has 0 spiro atoms. The fraction of sp³-hybridized carbons (Fsp3) is 0.257. The molecule has 0 saturated carbocycles. The number of fused-ring (bicyclic) bond motifs is 1. The van der Waals surface area contributed by atoms with Crippen molar-refractivity contribution in [3.8, 4) is 0 Å². The molecule has 5 N–H and O–H groups in total. The minimum Gasteiger partial charge on any atom is -0.459 e. The molecular weight excluding hydrogens is 586 g/mol. The summed E-state index contributed by atoms with van der Waals surface area (Å²) >= 11 is 0. The van der Waals surface area contributed by atoms with Crippen LogP contribution in [0.4, 0.5) is 0 Å². The van der Waals surface area contributed by atoms with Gasteiger partial charge in [-0.05, 0) is 29.2 Å². The average Bonchev–Trinajstić information content (AvgIpc) is 3.47. The van der Waals surface area contributed by atoms with Gasteiger partial charge in [0.05, 0.1) is 6.21 Å². The maximum absolute atomic E-state index is 13.7. The molecular formula is C35H37N5O6. The Labute approximate surface area is 266 Å². The van der Waals surface area contributed by atoms with Crippen LogP contribution >= 0.6 is 0 Å². The number of aromatic amines is 1. The summed E-state index contributed by atoms with van der Waals surface area (Å²) in [5, 5.41) is 16.2. The van der Waals surface area contributed by atoms with Crippen molar-refractivity contribution >= 4 is 46.6 Å². The predicted molar refractivity (Wildman–Crippen MR) is 173 cm³/mol. The number of Topliss-reactive ketones (excluding diaryl/α,β-unsaturated/α-hetero) is 1. The fourth-order valence-corrected chi connectivity index (χ4v) is 5.02. The zero-order valence-corrected chi connectivity index (χ0v) is 25.5. The molecule has 0 fully saturated rings. The van der Waals surface area contributed by atoms with Gasteiger partial charge in [0.25, 0.3) is 0 Å². The van der Waals surface area contributed by atoms with Gasteiger partial charge >= 0.3 is 5.97 Å². The number of benzene rings is 3. The Hall–Kier alpha value is -5.58. The zero-order valence-electron chi connectivity index (χ0n) is 25.5. The van der Waals surface area contributed by atoms with Crippen LogP contribution in [0.2, 0.25) is 0 Å². The van der Waals surface area contributed by atoms with Crippen molar-refractivity contribution in [3.05, 3.63) is 108 Å². The van der Waals surface area contributed by atoms with Crippen LogP contribution in [0.25, 0.3) is 10.9 Å². The molecule has 4 aromatic rings. The van der Waals surface area contributed by atoms with E-state index in [-0.39, 0.29) is 32.3 Å². The first-order chi connectivity index (χ1) is 22.2. The fourth-order valence-electron chi connectivity index (χ4n) is 5.02. The number of hydrogen-bond acceptors (Lipinski definition) is 7. The van der Waals surface area contributed by atoms with Crippen molar-refractivity contribution in [1.82, 2.24) is 20.9 Å². The highest BCUT2D eigenvalue weighted by Crippen LogP contribution is 2.19. The Balaban J connectivity index is 1.53. The van der Waals surface area contributed by atoms with E-state index in [1.165, 1.54) is 6.92 Å². The Morgan fingerprint density at radius 1 is 0.761 bits per heavy atom. The van der Waals surface area contributed by atoms with E-state index in [1.807, 2.05) is 84.9 Å². The number of ketones is 1. The van der Waals surface area contributed by atoms with E-state index in [9.17, 15) is 24.0 Å². The summed E-state index contributed by atoms with van der Waals surface area (Å²) in [7, 11) is 0. The molecule has 0 bridgehead atoms. The lowest BCUT2D eigenvalue weighted by atomic mass is 10.0. The van der Waals surface area contributed by atoms with E-state index < -0.39 is 47.6 Å². The molecule has 11 heteroatoms. The van der Waals surface area contributed by atoms with Gasteiger partial charge in [-0.15, -0.1) is 0 Å². The molecule has 0 aliphatic rings. The number of para-hydroxylation sites is 1. The van der Waals surface area contributed by atoms with Gasteiger partial charge in [0.1, 0.15) is 24.7 Å². The molecule has 1 aromatic heterocycles. The Morgan fingerprint density at radius 3 is 2.04 bits per heavy atom. The summed E-state index contributed by atoms with van der Waals surface area (Å²) in [5.74, 6) is -3.00. The summed E-state index contributed by atoms with van der Waals surface area (Å²) in [6, 6.07) is 22.3. The number of ether oxygens (including phenoxy) is 1. The first kappa shape index (κ1) is 33.3. The summed E-state index contributed by atoms with van der Waals surface area (Å²) in [4.78, 5) is 67.8. The SMILES string of the molecule is CC(=O)N[C@@H](Cc1c[nH]c2ccccc12)C(=O)N[C@@H](CCC(=O)C=N)C(=O)N[C@@H](Cc1ccccc1)C(=O)OCc1ccccc1. The van der Waals surface area contributed by atoms with Crippen LogP contribution in [-0.2, 0) is 48.2 Å². The Kier molecular flexibility index (Phi) is 11.9. The minimum atomic E-state index is -1.25. The monoisotopic (exact) mass is 623 g/mol. The number of carbonyl (C=O) groups is 5. The van der Waals surface area contributed by atoms with Crippen LogP contribution in [0.1, 0.15) is 36.5 Å². The van der Waals surface area contributed by atoms with Crippen molar-refractivity contribution in [2.75, 3.05) is 0 Å². The molecule has 0 unspecified atom stereocenters. The van der Waals surface area contributed by atoms with Gasteiger partial charge in [-0.25, -0.2) is 4.79 Å². The first-order valence-electron chi connectivity index (χ1n) is 14.9. The molecule has 3 aromatic carbocycles. The van der Waals surface area contributed by atoms with Crippen molar-refractivity contribution < 1.29 is 28.7 Å². The molecule has 0 saturated heterocycles. The molecule has 0 aliphatic carbocycles. The largest absolute Gasteiger partial charge is 0.459 e. The topological polar surface area (TPSA) is 170 Å². The second kappa shape index (κ2) is 16.5. The minimum absolute atomic E-state index is 0.00106. The third kappa shape index (κ3) is 9.71. The maximum atomic E-state index is 13.7. The molecule has 1 heterocycles. The number of H-pyrrole nitrogens is 1. The second-order valence-corrected chi connectivity index (χ2v) is 10.9. The zero-order chi connectivity index (χ0) is 32.9. The third-order valence-corrected chi connectivity index (χ3v) is 7.37. The number of nitrogens with one attached hydrogen (secondary N) is 5. The number of carbonyl (C=O) groups excluding carboxylic acids is 5. The average molecular weight is 624 g/mol. The number of rotatable bonds is 16. The Morgan fingerprint density at radius 2 is 1.37 bits per heavy atom. The second-order valence-electron chi connectivity index (χ2n) is 10.9. The van der Waals surface area contributed by atoms with Crippen LogP contribution in [0.15, 0.2) is 91.1 Å². The van der Waals surface area contributed by atoms with Crippen LogP contribution in [0.5, 0.6) is 0 Å². The predicted octanol–water partition coefficient (Wildman–Crippen LogP) is 3.17. The van der Waals surface area contributed by atoms with Crippen LogP contribution in [-0.4, -0.2) is 58.8 Å². The lowest BCUT2D eigenvalue weighted by molar-refractivity contribution is -0.149. The molecule has 0 aliphatic heterocycles. The van der Waals surface area contributed by atoms with E-state index in [1.54, 1.807) is 6.20 Å². The van der Waals surface area contributed by atoms with E-state index in [0.29, 0.717) is 6.21 Å². The Bertz CT molecular complexity index is 1670. The molecule has 11 nitrogen and oxygen atoms in total. The highest BCUT2D eigenvalue weighted by atomic mass is 16.5. The number of hydrogen-bond donors (Lipinski definition) is 5. The van der Waals surface area contributed by atoms with Crippen molar-refractivity contribution in [2.45, 2.75) is 57.3 Å². The summed E-state index contributed by atoms with van der Waals surface area (Å²) < 4.78 is 5.54. The van der Waals surface area contributed by atoms with Gasteiger partial charge in [0.15, 0.2) is 5.78 Å². The van der Waals surface area contributed by atoms with Gasteiger partial charge in [0.2, 0.25) is 17.7 Å². The summed E-state index contributed by atoms with van der Waals surface area (Å²) in [6.07, 6.45) is 2.32.